The van der Waals surface area contributed by atoms with Gasteiger partial charge in [-0.2, -0.15) is 0 Å². The summed E-state index contributed by atoms with van der Waals surface area (Å²) >= 11 is 3.49. The standard InChI is InChI=1S/C17H16BrNO/c1-11-15-8-3-4-9-16(15)20-17(11)12(2)19-14-7-5-6-13(18)10-14/h3-10,12,19H,1-2H3. The van der Waals surface area contributed by atoms with Gasteiger partial charge in [0.2, 0.25) is 0 Å². The van der Waals surface area contributed by atoms with E-state index in [0.29, 0.717) is 0 Å². The number of furan rings is 1. The van der Waals surface area contributed by atoms with Crippen LogP contribution in [0.1, 0.15) is 24.3 Å². The van der Waals surface area contributed by atoms with Gasteiger partial charge in [-0.3, -0.25) is 0 Å². The van der Waals surface area contributed by atoms with Gasteiger partial charge in [0.15, 0.2) is 0 Å². The van der Waals surface area contributed by atoms with Crippen LogP contribution < -0.4 is 5.32 Å². The summed E-state index contributed by atoms with van der Waals surface area (Å²) in [6.07, 6.45) is 0. The first kappa shape index (κ1) is 13.3. The Labute approximate surface area is 126 Å². The van der Waals surface area contributed by atoms with Crippen LogP contribution in [0.4, 0.5) is 5.69 Å². The molecule has 1 atom stereocenters. The van der Waals surface area contributed by atoms with Crippen molar-refractivity contribution in [3.8, 4) is 0 Å². The second-order valence-electron chi connectivity index (χ2n) is 4.96. The number of nitrogens with one attached hydrogen (secondary N) is 1. The van der Waals surface area contributed by atoms with Gasteiger partial charge in [-0.25, -0.2) is 0 Å². The van der Waals surface area contributed by atoms with E-state index in [9.17, 15) is 0 Å². The summed E-state index contributed by atoms with van der Waals surface area (Å²) in [5, 5.41) is 4.66. The van der Waals surface area contributed by atoms with Crippen LogP contribution in [-0.4, -0.2) is 0 Å². The molecule has 0 radical (unpaired) electrons. The average Bonchev–Trinajstić information content (AvgIpc) is 2.77. The fourth-order valence-corrected chi connectivity index (χ4v) is 2.90. The number of benzene rings is 2. The van der Waals surface area contributed by atoms with Gasteiger partial charge < -0.3 is 9.73 Å². The largest absolute Gasteiger partial charge is 0.459 e. The summed E-state index contributed by atoms with van der Waals surface area (Å²) in [7, 11) is 0. The molecule has 102 valence electrons. The van der Waals surface area contributed by atoms with Crippen LogP contribution in [-0.2, 0) is 0 Å². The lowest BCUT2D eigenvalue weighted by molar-refractivity contribution is 0.522. The molecule has 1 unspecified atom stereocenters. The predicted octanol–water partition coefficient (Wildman–Crippen LogP) is 5.68. The Hall–Kier alpha value is -1.74. The molecule has 2 aromatic carbocycles. The van der Waals surface area contributed by atoms with Crippen molar-refractivity contribution in [3.05, 3.63) is 64.3 Å². The smallest absolute Gasteiger partial charge is 0.134 e. The van der Waals surface area contributed by atoms with Crippen LogP contribution in [0.3, 0.4) is 0 Å². The molecule has 1 aromatic heterocycles. The number of hydrogen-bond donors (Lipinski definition) is 1. The minimum atomic E-state index is 0.122. The molecule has 0 aliphatic rings. The number of hydrogen-bond acceptors (Lipinski definition) is 2. The fourth-order valence-electron chi connectivity index (χ4n) is 2.50. The molecule has 0 fully saturated rings. The van der Waals surface area contributed by atoms with Crippen molar-refractivity contribution in [1.29, 1.82) is 0 Å². The fraction of sp³-hybridized carbons (Fsp3) is 0.176. The molecule has 0 bridgehead atoms. The maximum Gasteiger partial charge on any atom is 0.134 e. The Balaban J connectivity index is 1.92. The topological polar surface area (TPSA) is 25.2 Å². The minimum absolute atomic E-state index is 0.122. The number of rotatable bonds is 3. The highest BCUT2D eigenvalue weighted by Gasteiger charge is 2.16. The Bertz CT molecular complexity index is 748. The molecule has 2 nitrogen and oxygen atoms in total. The number of anilines is 1. The van der Waals surface area contributed by atoms with Gasteiger partial charge in [-0.05, 0) is 38.1 Å². The van der Waals surface area contributed by atoms with Gasteiger partial charge in [0.25, 0.3) is 0 Å². The van der Waals surface area contributed by atoms with E-state index in [1.54, 1.807) is 0 Å². The molecule has 0 saturated carbocycles. The van der Waals surface area contributed by atoms with Crippen molar-refractivity contribution in [2.75, 3.05) is 5.32 Å². The quantitative estimate of drug-likeness (QED) is 0.669. The molecule has 0 amide bonds. The van der Waals surface area contributed by atoms with Crippen molar-refractivity contribution < 1.29 is 4.42 Å². The molecule has 0 aliphatic heterocycles. The van der Waals surface area contributed by atoms with Crippen molar-refractivity contribution in [3.63, 3.8) is 0 Å². The third-order valence-electron chi connectivity index (χ3n) is 3.48. The highest BCUT2D eigenvalue weighted by molar-refractivity contribution is 9.10. The molecule has 1 heterocycles. The summed E-state index contributed by atoms with van der Waals surface area (Å²) in [5.41, 5.74) is 3.23. The number of para-hydroxylation sites is 1. The summed E-state index contributed by atoms with van der Waals surface area (Å²) in [6.45, 7) is 4.23. The zero-order valence-corrected chi connectivity index (χ0v) is 13.1. The van der Waals surface area contributed by atoms with E-state index in [0.717, 1.165) is 21.5 Å². The van der Waals surface area contributed by atoms with Crippen LogP contribution >= 0.6 is 15.9 Å². The predicted molar refractivity (Wildman–Crippen MR) is 87.1 cm³/mol. The van der Waals surface area contributed by atoms with Crippen LogP contribution in [0.5, 0.6) is 0 Å². The third-order valence-corrected chi connectivity index (χ3v) is 3.97. The molecule has 3 aromatic rings. The first-order chi connectivity index (χ1) is 9.65. The molecule has 1 N–H and O–H groups in total. The maximum absolute atomic E-state index is 5.99. The first-order valence-corrected chi connectivity index (χ1v) is 7.44. The van der Waals surface area contributed by atoms with Crippen LogP contribution in [0, 0.1) is 6.92 Å². The Morgan fingerprint density at radius 2 is 1.90 bits per heavy atom. The van der Waals surface area contributed by atoms with E-state index in [2.05, 4.69) is 53.3 Å². The molecule has 3 rings (SSSR count). The normalized spacial score (nSPS) is 12.6. The van der Waals surface area contributed by atoms with Crippen molar-refractivity contribution >= 4 is 32.6 Å². The average molecular weight is 330 g/mol. The number of aryl methyl sites for hydroxylation is 1. The van der Waals surface area contributed by atoms with E-state index in [-0.39, 0.29) is 6.04 Å². The van der Waals surface area contributed by atoms with Crippen molar-refractivity contribution in [2.24, 2.45) is 0 Å². The van der Waals surface area contributed by atoms with Gasteiger partial charge >= 0.3 is 0 Å². The molecule has 0 aliphatic carbocycles. The van der Waals surface area contributed by atoms with E-state index in [1.807, 2.05) is 30.3 Å². The minimum Gasteiger partial charge on any atom is -0.459 e. The van der Waals surface area contributed by atoms with E-state index in [1.165, 1.54) is 10.9 Å². The number of fused-ring (bicyclic) bond motifs is 1. The molecular weight excluding hydrogens is 314 g/mol. The first-order valence-electron chi connectivity index (χ1n) is 6.65. The molecule has 0 saturated heterocycles. The highest BCUT2D eigenvalue weighted by Crippen LogP contribution is 2.31. The van der Waals surface area contributed by atoms with Crippen LogP contribution in [0.2, 0.25) is 0 Å². The molecular formula is C17H16BrNO. The zero-order valence-electron chi connectivity index (χ0n) is 11.5. The van der Waals surface area contributed by atoms with E-state index < -0.39 is 0 Å². The molecule has 0 spiro atoms. The van der Waals surface area contributed by atoms with Crippen LogP contribution in [0.25, 0.3) is 11.0 Å². The van der Waals surface area contributed by atoms with Gasteiger partial charge in [0.05, 0.1) is 6.04 Å². The van der Waals surface area contributed by atoms with Gasteiger partial charge in [0.1, 0.15) is 11.3 Å². The van der Waals surface area contributed by atoms with Crippen molar-refractivity contribution in [1.82, 2.24) is 0 Å². The highest BCUT2D eigenvalue weighted by atomic mass is 79.9. The van der Waals surface area contributed by atoms with Gasteiger partial charge in [0, 0.05) is 21.1 Å². The second-order valence-corrected chi connectivity index (χ2v) is 5.88. The molecule has 3 heteroatoms. The van der Waals surface area contributed by atoms with E-state index in [4.69, 9.17) is 4.42 Å². The van der Waals surface area contributed by atoms with Crippen molar-refractivity contribution in [2.45, 2.75) is 19.9 Å². The van der Waals surface area contributed by atoms with Gasteiger partial charge in [-0.15, -0.1) is 0 Å². The molecule has 20 heavy (non-hydrogen) atoms. The lowest BCUT2D eigenvalue weighted by Crippen LogP contribution is -2.06. The van der Waals surface area contributed by atoms with Crippen LogP contribution in [0.15, 0.2) is 57.4 Å². The summed E-state index contributed by atoms with van der Waals surface area (Å²) in [4.78, 5) is 0. The number of halogens is 1. The summed E-state index contributed by atoms with van der Waals surface area (Å²) < 4.78 is 7.05. The Morgan fingerprint density at radius 3 is 2.65 bits per heavy atom. The summed E-state index contributed by atoms with van der Waals surface area (Å²) in [5.74, 6) is 0.992. The zero-order chi connectivity index (χ0) is 14.1. The Morgan fingerprint density at radius 1 is 1.10 bits per heavy atom. The maximum atomic E-state index is 5.99. The second kappa shape index (κ2) is 5.33. The van der Waals surface area contributed by atoms with Gasteiger partial charge in [-0.1, -0.05) is 40.2 Å². The third kappa shape index (κ3) is 2.46. The Kier molecular flexibility index (Phi) is 3.53. The lowest BCUT2D eigenvalue weighted by atomic mass is 10.1. The summed E-state index contributed by atoms with van der Waals surface area (Å²) in [6, 6.07) is 16.4. The monoisotopic (exact) mass is 329 g/mol. The SMILES string of the molecule is Cc1c(C(C)Nc2cccc(Br)c2)oc2ccccc12. The lowest BCUT2D eigenvalue weighted by Gasteiger charge is -2.14. The van der Waals surface area contributed by atoms with E-state index >= 15 is 0 Å².